The van der Waals surface area contributed by atoms with E-state index in [2.05, 4.69) is 0 Å². The molecule has 3 aromatic carbocycles. The van der Waals surface area contributed by atoms with Gasteiger partial charge in [-0.2, -0.15) is 8.42 Å². The summed E-state index contributed by atoms with van der Waals surface area (Å²) in [4.78, 5) is 0.0714. The van der Waals surface area contributed by atoms with Gasteiger partial charge in [0.25, 0.3) is 10.1 Å². The van der Waals surface area contributed by atoms with Gasteiger partial charge in [0.05, 0.1) is 30.8 Å². The van der Waals surface area contributed by atoms with E-state index in [1.807, 2.05) is 61.5 Å². The average Bonchev–Trinajstić information content (AvgIpc) is 2.87. The second-order valence-electron chi connectivity index (χ2n) is 8.11. The maximum absolute atomic E-state index is 12.2. The van der Waals surface area contributed by atoms with Crippen LogP contribution in [0.15, 0.2) is 95.9 Å². The highest BCUT2D eigenvalue weighted by Crippen LogP contribution is 2.15. The van der Waals surface area contributed by atoms with Gasteiger partial charge in [0.1, 0.15) is 11.5 Å². The van der Waals surface area contributed by atoms with Gasteiger partial charge in [-0.05, 0) is 68.1 Å². The van der Waals surface area contributed by atoms with Gasteiger partial charge in [-0.25, -0.2) is 0 Å². The standard InChI is InChI=1S/C28H32O6S/c1-23-12-18-28(19-13-23)35(30,31)34-22-25(29)9-7-8-24-14-16-27(17-15-24)33-21-6-5-20-32-26-10-3-2-4-11-26/h2-4,7,9-19,25,29H,5-6,8,20-22H2,1H3/b9-7-/t25-/m0/s1. The molecular formula is C28H32O6S. The summed E-state index contributed by atoms with van der Waals surface area (Å²) in [5.74, 6) is 1.68. The molecule has 0 unspecified atom stereocenters. The van der Waals surface area contributed by atoms with E-state index in [1.165, 1.54) is 18.2 Å². The number of hydrogen-bond donors (Lipinski definition) is 1. The lowest BCUT2D eigenvalue weighted by Gasteiger charge is -2.09. The van der Waals surface area contributed by atoms with Gasteiger partial charge in [-0.3, -0.25) is 4.18 Å². The Labute approximate surface area is 207 Å². The van der Waals surface area contributed by atoms with Crippen LogP contribution in [0.5, 0.6) is 11.5 Å². The normalized spacial score (nSPS) is 12.5. The van der Waals surface area contributed by atoms with Crippen molar-refractivity contribution in [3.05, 3.63) is 102 Å². The van der Waals surface area contributed by atoms with Crippen molar-refractivity contribution in [3.8, 4) is 11.5 Å². The van der Waals surface area contributed by atoms with Crippen LogP contribution < -0.4 is 9.47 Å². The molecule has 0 aliphatic rings. The summed E-state index contributed by atoms with van der Waals surface area (Å²) in [5.41, 5.74) is 2.00. The van der Waals surface area contributed by atoms with Crippen LogP contribution in [-0.2, 0) is 20.7 Å². The molecule has 186 valence electrons. The van der Waals surface area contributed by atoms with Gasteiger partial charge < -0.3 is 14.6 Å². The molecule has 0 aliphatic carbocycles. The quantitative estimate of drug-likeness (QED) is 0.190. The Morgan fingerprint density at radius 2 is 1.43 bits per heavy atom. The van der Waals surface area contributed by atoms with E-state index in [-0.39, 0.29) is 11.5 Å². The predicted molar refractivity (Wildman–Crippen MR) is 136 cm³/mol. The number of rotatable bonds is 14. The Balaban J connectivity index is 1.31. The Morgan fingerprint density at radius 3 is 2.06 bits per heavy atom. The average molecular weight is 497 g/mol. The molecule has 1 atom stereocenters. The largest absolute Gasteiger partial charge is 0.494 e. The molecule has 0 aromatic heterocycles. The fourth-order valence-electron chi connectivity index (χ4n) is 3.17. The van der Waals surface area contributed by atoms with Crippen molar-refractivity contribution in [1.82, 2.24) is 0 Å². The molecule has 0 radical (unpaired) electrons. The minimum atomic E-state index is -3.89. The number of aliphatic hydroxyl groups excluding tert-OH is 1. The van der Waals surface area contributed by atoms with E-state index < -0.39 is 16.2 Å². The van der Waals surface area contributed by atoms with Crippen LogP contribution in [-0.4, -0.2) is 39.4 Å². The molecule has 0 bridgehead atoms. The number of aliphatic hydroxyl groups is 1. The third kappa shape index (κ3) is 9.56. The minimum Gasteiger partial charge on any atom is -0.494 e. The van der Waals surface area contributed by atoms with E-state index in [9.17, 15) is 13.5 Å². The minimum absolute atomic E-state index is 0.0714. The Bertz CT molecular complexity index is 1140. The third-order valence-electron chi connectivity index (χ3n) is 5.16. The zero-order valence-electron chi connectivity index (χ0n) is 19.9. The molecule has 35 heavy (non-hydrogen) atoms. The van der Waals surface area contributed by atoms with Gasteiger partial charge in [0.2, 0.25) is 0 Å². The lowest BCUT2D eigenvalue weighted by molar-refractivity contribution is 0.148. The zero-order valence-corrected chi connectivity index (χ0v) is 20.7. The van der Waals surface area contributed by atoms with Crippen LogP contribution in [0.1, 0.15) is 24.0 Å². The van der Waals surface area contributed by atoms with Gasteiger partial charge >= 0.3 is 0 Å². The highest BCUT2D eigenvalue weighted by molar-refractivity contribution is 7.86. The fourth-order valence-corrected chi connectivity index (χ4v) is 4.10. The summed E-state index contributed by atoms with van der Waals surface area (Å²) >= 11 is 0. The van der Waals surface area contributed by atoms with Gasteiger partial charge in [0.15, 0.2) is 0 Å². The molecule has 6 nitrogen and oxygen atoms in total. The smallest absolute Gasteiger partial charge is 0.297 e. The van der Waals surface area contributed by atoms with E-state index in [1.54, 1.807) is 18.2 Å². The summed E-state index contributed by atoms with van der Waals surface area (Å²) < 4.78 is 40.8. The highest BCUT2D eigenvalue weighted by Gasteiger charge is 2.16. The summed E-state index contributed by atoms with van der Waals surface area (Å²) in [6, 6.07) is 23.9. The molecule has 0 fully saturated rings. The lowest BCUT2D eigenvalue weighted by Crippen LogP contribution is -2.17. The second-order valence-corrected chi connectivity index (χ2v) is 9.73. The number of allylic oxidation sites excluding steroid dienone is 1. The summed E-state index contributed by atoms with van der Waals surface area (Å²) in [7, 11) is -3.89. The number of aryl methyl sites for hydroxylation is 1. The Kier molecular flexibility index (Phi) is 10.3. The van der Waals surface area contributed by atoms with Gasteiger partial charge in [-0.1, -0.05) is 60.2 Å². The molecule has 1 N–H and O–H groups in total. The Hall–Kier alpha value is -3.13. The molecule has 0 saturated carbocycles. The monoisotopic (exact) mass is 496 g/mol. The molecular weight excluding hydrogens is 464 g/mol. The molecule has 0 spiro atoms. The van der Waals surface area contributed by atoms with Crippen LogP contribution in [0.4, 0.5) is 0 Å². The van der Waals surface area contributed by atoms with Crippen molar-refractivity contribution < 1.29 is 27.2 Å². The second kappa shape index (κ2) is 13.7. The van der Waals surface area contributed by atoms with Crippen molar-refractivity contribution in [2.75, 3.05) is 19.8 Å². The van der Waals surface area contributed by atoms with Crippen molar-refractivity contribution >= 4 is 10.1 Å². The van der Waals surface area contributed by atoms with E-state index in [0.717, 1.165) is 35.5 Å². The molecule has 0 amide bonds. The summed E-state index contributed by atoms with van der Waals surface area (Å²) in [6.45, 7) is 2.82. The molecule has 3 aromatic rings. The van der Waals surface area contributed by atoms with E-state index in [4.69, 9.17) is 13.7 Å². The molecule has 0 saturated heterocycles. The summed E-state index contributed by atoms with van der Waals surface area (Å²) in [5, 5.41) is 10.0. The SMILES string of the molecule is Cc1ccc(S(=O)(=O)OC[C@@H](O)/C=C\Cc2ccc(OCCCCOc3ccccc3)cc2)cc1. The molecule has 3 rings (SSSR count). The van der Waals surface area contributed by atoms with Crippen molar-refractivity contribution in [2.24, 2.45) is 0 Å². The Morgan fingerprint density at radius 1 is 0.829 bits per heavy atom. The molecule has 7 heteroatoms. The topological polar surface area (TPSA) is 82.1 Å². The van der Waals surface area contributed by atoms with Crippen LogP contribution in [0.2, 0.25) is 0 Å². The van der Waals surface area contributed by atoms with Crippen molar-refractivity contribution in [3.63, 3.8) is 0 Å². The lowest BCUT2D eigenvalue weighted by atomic mass is 10.1. The first-order chi connectivity index (χ1) is 16.9. The number of unbranched alkanes of at least 4 members (excludes halogenated alkanes) is 1. The number of hydrogen-bond acceptors (Lipinski definition) is 6. The summed E-state index contributed by atoms with van der Waals surface area (Å²) in [6.07, 6.45) is 4.71. The van der Waals surface area contributed by atoms with E-state index >= 15 is 0 Å². The third-order valence-corrected chi connectivity index (χ3v) is 6.45. The zero-order chi connectivity index (χ0) is 24.9. The number of benzene rings is 3. The first-order valence-corrected chi connectivity index (χ1v) is 13.0. The number of ether oxygens (including phenoxy) is 2. The van der Waals surface area contributed by atoms with Crippen molar-refractivity contribution in [1.29, 1.82) is 0 Å². The van der Waals surface area contributed by atoms with Crippen LogP contribution >= 0.6 is 0 Å². The van der Waals surface area contributed by atoms with Gasteiger partial charge in [0, 0.05) is 0 Å². The molecule has 0 aliphatic heterocycles. The van der Waals surface area contributed by atoms with Crippen LogP contribution in [0.25, 0.3) is 0 Å². The first kappa shape index (κ1) is 26.5. The number of para-hydroxylation sites is 1. The fraction of sp³-hybridized carbons (Fsp3) is 0.286. The predicted octanol–water partition coefficient (Wildman–Crippen LogP) is 5.10. The maximum Gasteiger partial charge on any atom is 0.297 e. The first-order valence-electron chi connectivity index (χ1n) is 11.6. The van der Waals surface area contributed by atoms with Crippen LogP contribution in [0, 0.1) is 6.92 Å². The molecule has 0 heterocycles. The maximum atomic E-state index is 12.2. The van der Waals surface area contributed by atoms with Gasteiger partial charge in [-0.15, -0.1) is 0 Å². The van der Waals surface area contributed by atoms with Crippen molar-refractivity contribution in [2.45, 2.75) is 37.2 Å². The van der Waals surface area contributed by atoms with E-state index in [0.29, 0.717) is 19.6 Å². The highest BCUT2D eigenvalue weighted by atomic mass is 32.2. The van der Waals surface area contributed by atoms with Crippen LogP contribution in [0.3, 0.4) is 0 Å².